The van der Waals surface area contributed by atoms with Gasteiger partial charge in [0, 0.05) is 13.1 Å². The number of hydrogen-bond acceptors (Lipinski definition) is 4. The molecule has 5 nitrogen and oxygen atoms in total. The number of hydrogen-bond donors (Lipinski definition) is 1. The Labute approximate surface area is 132 Å². The molecule has 3 atom stereocenters. The molecule has 0 spiro atoms. The van der Waals surface area contributed by atoms with Crippen LogP contribution < -0.4 is 10.1 Å². The van der Waals surface area contributed by atoms with E-state index in [1.165, 1.54) is 0 Å². The third kappa shape index (κ3) is 2.94. The highest BCUT2D eigenvalue weighted by Crippen LogP contribution is 2.33. The smallest absolute Gasteiger partial charge is 0.243 e. The van der Waals surface area contributed by atoms with Crippen molar-refractivity contribution in [1.82, 2.24) is 4.31 Å². The highest BCUT2D eigenvalue weighted by atomic mass is 32.2. The Kier molecular flexibility index (Phi) is 4.07. The summed E-state index contributed by atoms with van der Waals surface area (Å²) in [5, 5.41) is 3.24. The monoisotopic (exact) mass is 324 g/mol. The number of piperidine rings is 1. The van der Waals surface area contributed by atoms with Gasteiger partial charge in [-0.15, -0.1) is 0 Å². The molecule has 0 amide bonds. The van der Waals surface area contributed by atoms with Crippen LogP contribution in [0.5, 0.6) is 5.75 Å². The molecule has 1 N–H and O–H groups in total. The minimum Gasteiger partial charge on any atom is -0.487 e. The summed E-state index contributed by atoms with van der Waals surface area (Å²) in [6.45, 7) is 8.10. The van der Waals surface area contributed by atoms with Crippen LogP contribution in [0.3, 0.4) is 0 Å². The molecule has 1 fully saturated rings. The summed E-state index contributed by atoms with van der Waals surface area (Å²) in [4.78, 5) is 0.346. The summed E-state index contributed by atoms with van der Waals surface area (Å²) in [6, 6.07) is 5.10. The van der Waals surface area contributed by atoms with Gasteiger partial charge in [-0.25, -0.2) is 8.42 Å². The molecule has 3 rings (SSSR count). The van der Waals surface area contributed by atoms with Gasteiger partial charge in [0.2, 0.25) is 10.0 Å². The molecule has 6 heteroatoms. The molecule has 0 aliphatic carbocycles. The number of anilines is 1. The van der Waals surface area contributed by atoms with Gasteiger partial charge in [-0.1, -0.05) is 13.8 Å². The third-order valence-electron chi connectivity index (χ3n) is 4.33. The van der Waals surface area contributed by atoms with Crippen LogP contribution in [0.1, 0.15) is 27.2 Å². The van der Waals surface area contributed by atoms with Crippen molar-refractivity contribution in [2.24, 2.45) is 11.8 Å². The Morgan fingerprint density at radius 3 is 2.55 bits per heavy atom. The fourth-order valence-electron chi connectivity index (χ4n) is 3.37. The Bertz CT molecular complexity index is 649. The Morgan fingerprint density at radius 2 is 1.86 bits per heavy atom. The van der Waals surface area contributed by atoms with E-state index in [-0.39, 0.29) is 6.10 Å². The number of sulfonamides is 1. The molecular formula is C16H24N2O3S. The number of ether oxygens (including phenoxy) is 1. The summed E-state index contributed by atoms with van der Waals surface area (Å²) in [5.41, 5.74) is 0.761. The van der Waals surface area contributed by atoms with Gasteiger partial charge in [0.25, 0.3) is 0 Å². The molecule has 3 unspecified atom stereocenters. The molecule has 0 saturated carbocycles. The third-order valence-corrected chi connectivity index (χ3v) is 6.16. The van der Waals surface area contributed by atoms with Gasteiger partial charge >= 0.3 is 0 Å². The topological polar surface area (TPSA) is 58.6 Å². The lowest BCUT2D eigenvalue weighted by molar-refractivity contribution is 0.222. The van der Waals surface area contributed by atoms with Crippen molar-refractivity contribution in [2.75, 3.05) is 25.0 Å². The number of benzene rings is 1. The second-order valence-corrected chi connectivity index (χ2v) is 8.67. The molecule has 1 saturated heterocycles. The van der Waals surface area contributed by atoms with E-state index < -0.39 is 10.0 Å². The van der Waals surface area contributed by atoms with Gasteiger partial charge in [0.1, 0.15) is 11.9 Å². The molecule has 1 aromatic rings. The van der Waals surface area contributed by atoms with Gasteiger partial charge in [0.15, 0.2) is 0 Å². The number of rotatable bonds is 2. The van der Waals surface area contributed by atoms with Crippen LogP contribution in [-0.2, 0) is 10.0 Å². The lowest BCUT2D eigenvalue weighted by atomic mass is 9.94. The van der Waals surface area contributed by atoms with E-state index in [9.17, 15) is 8.42 Å². The first-order chi connectivity index (χ1) is 10.4. The van der Waals surface area contributed by atoms with Crippen molar-refractivity contribution in [3.63, 3.8) is 0 Å². The summed E-state index contributed by atoms with van der Waals surface area (Å²) in [7, 11) is -3.44. The maximum Gasteiger partial charge on any atom is 0.243 e. The van der Waals surface area contributed by atoms with Gasteiger partial charge in [-0.2, -0.15) is 4.31 Å². The molecule has 0 bridgehead atoms. The van der Waals surface area contributed by atoms with Crippen LogP contribution in [0.4, 0.5) is 5.69 Å². The van der Waals surface area contributed by atoms with Crippen molar-refractivity contribution < 1.29 is 13.2 Å². The van der Waals surface area contributed by atoms with Crippen molar-refractivity contribution in [3.8, 4) is 5.75 Å². The first kappa shape index (κ1) is 15.6. The predicted molar refractivity (Wildman–Crippen MR) is 86.7 cm³/mol. The van der Waals surface area contributed by atoms with Crippen molar-refractivity contribution >= 4 is 15.7 Å². The van der Waals surface area contributed by atoms with Crippen LogP contribution >= 0.6 is 0 Å². The van der Waals surface area contributed by atoms with Crippen LogP contribution in [-0.4, -0.2) is 38.5 Å². The zero-order valence-corrected chi connectivity index (χ0v) is 14.2. The van der Waals surface area contributed by atoms with E-state index >= 15 is 0 Å². The summed E-state index contributed by atoms with van der Waals surface area (Å²) in [6.07, 6.45) is 1.18. The average Bonchev–Trinajstić information content (AvgIpc) is 2.45. The second-order valence-electron chi connectivity index (χ2n) is 6.74. The predicted octanol–water partition coefficient (Wildman–Crippen LogP) is 2.55. The number of fused-ring (bicyclic) bond motifs is 1. The van der Waals surface area contributed by atoms with Crippen LogP contribution in [0, 0.1) is 11.8 Å². The van der Waals surface area contributed by atoms with Crippen LogP contribution in [0.25, 0.3) is 0 Å². The Balaban J connectivity index is 1.89. The van der Waals surface area contributed by atoms with Gasteiger partial charge in [0.05, 0.1) is 17.1 Å². The van der Waals surface area contributed by atoms with Crippen molar-refractivity contribution in [1.29, 1.82) is 0 Å². The van der Waals surface area contributed by atoms with Gasteiger partial charge in [-0.05, 0) is 43.4 Å². The van der Waals surface area contributed by atoms with Crippen molar-refractivity contribution in [2.45, 2.75) is 38.2 Å². The van der Waals surface area contributed by atoms with E-state index in [0.717, 1.165) is 17.9 Å². The molecule has 22 heavy (non-hydrogen) atoms. The highest BCUT2D eigenvalue weighted by Gasteiger charge is 2.32. The SMILES string of the molecule is CC1CC(C)CN(S(=O)(=O)c2ccc3c(c2)NCC(C)O3)C1. The van der Waals surface area contributed by atoms with Gasteiger partial charge < -0.3 is 10.1 Å². The Morgan fingerprint density at radius 1 is 1.18 bits per heavy atom. The zero-order chi connectivity index (χ0) is 15.9. The fourth-order valence-corrected chi connectivity index (χ4v) is 5.08. The normalized spacial score (nSPS) is 29.3. The van der Waals surface area contributed by atoms with E-state index in [2.05, 4.69) is 19.2 Å². The molecule has 1 aromatic carbocycles. The second kappa shape index (κ2) is 5.74. The van der Waals surface area contributed by atoms with Crippen LogP contribution in [0.15, 0.2) is 23.1 Å². The Hall–Kier alpha value is -1.27. The van der Waals surface area contributed by atoms with Crippen LogP contribution in [0.2, 0.25) is 0 Å². The van der Waals surface area contributed by atoms with Gasteiger partial charge in [-0.3, -0.25) is 0 Å². The minimum absolute atomic E-state index is 0.0961. The molecule has 2 aliphatic heterocycles. The van der Waals surface area contributed by atoms with E-state index in [1.54, 1.807) is 22.5 Å². The number of nitrogens with zero attached hydrogens (tertiary/aromatic N) is 1. The molecule has 0 radical (unpaired) electrons. The summed E-state index contributed by atoms with van der Waals surface area (Å²) >= 11 is 0. The lowest BCUT2D eigenvalue weighted by Crippen LogP contribution is -2.42. The summed E-state index contributed by atoms with van der Waals surface area (Å²) in [5.74, 6) is 1.52. The van der Waals surface area contributed by atoms with Crippen molar-refractivity contribution in [3.05, 3.63) is 18.2 Å². The quantitative estimate of drug-likeness (QED) is 0.908. The standard InChI is InChI=1S/C16H24N2O3S/c1-11-6-12(2)10-18(9-11)22(19,20)14-4-5-16-15(7-14)17-8-13(3)21-16/h4-5,7,11-13,17H,6,8-10H2,1-3H3. The molecule has 122 valence electrons. The largest absolute Gasteiger partial charge is 0.487 e. The summed E-state index contributed by atoms with van der Waals surface area (Å²) < 4.78 is 33.1. The lowest BCUT2D eigenvalue weighted by Gasteiger charge is -2.34. The van der Waals surface area contributed by atoms with E-state index in [4.69, 9.17) is 4.74 Å². The maximum absolute atomic E-state index is 12.9. The average molecular weight is 324 g/mol. The molecular weight excluding hydrogens is 300 g/mol. The molecule has 0 aromatic heterocycles. The highest BCUT2D eigenvalue weighted by molar-refractivity contribution is 7.89. The minimum atomic E-state index is -3.44. The van der Waals surface area contributed by atoms with E-state index in [1.807, 2.05) is 6.92 Å². The fraction of sp³-hybridized carbons (Fsp3) is 0.625. The molecule has 2 heterocycles. The zero-order valence-electron chi connectivity index (χ0n) is 13.4. The van der Waals surface area contributed by atoms with E-state index in [0.29, 0.717) is 36.4 Å². The number of nitrogens with one attached hydrogen (secondary N) is 1. The maximum atomic E-state index is 12.9. The first-order valence-corrected chi connectivity index (χ1v) is 9.35. The molecule has 2 aliphatic rings. The first-order valence-electron chi connectivity index (χ1n) is 7.91.